The van der Waals surface area contributed by atoms with E-state index in [0.29, 0.717) is 12.3 Å². The van der Waals surface area contributed by atoms with Gasteiger partial charge in [-0.25, -0.2) is 9.78 Å². The summed E-state index contributed by atoms with van der Waals surface area (Å²) in [5.41, 5.74) is 7.54. The number of hydrogen-bond acceptors (Lipinski definition) is 4. The van der Waals surface area contributed by atoms with Crippen LogP contribution in [0.15, 0.2) is 6.33 Å². The normalized spacial score (nSPS) is 16.1. The summed E-state index contributed by atoms with van der Waals surface area (Å²) >= 11 is 0. The second-order valence-electron chi connectivity index (χ2n) is 3.60. The molecular weight excluding hydrogens is 194 g/mol. The van der Waals surface area contributed by atoms with Crippen molar-refractivity contribution in [3.63, 3.8) is 0 Å². The van der Waals surface area contributed by atoms with Crippen LogP contribution in [-0.4, -0.2) is 22.1 Å². The molecule has 15 heavy (non-hydrogen) atoms. The van der Waals surface area contributed by atoms with E-state index < -0.39 is 12.0 Å². The lowest BCUT2D eigenvalue weighted by atomic mass is 10.1. The maximum atomic E-state index is 11.4. The maximum Gasteiger partial charge on any atom is 0.329 e. The number of carbonyl (C=O) groups is 1. The number of fused-ring (bicyclic) bond motifs is 1. The largest absolute Gasteiger partial charge is 0.465 e. The molecule has 1 unspecified atom stereocenters. The molecular formula is C10H15N3O2. The average Bonchev–Trinajstić information content (AvgIpc) is 2.77. The first-order chi connectivity index (χ1) is 7.24. The smallest absolute Gasteiger partial charge is 0.329 e. The van der Waals surface area contributed by atoms with Crippen LogP contribution in [0.2, 0.25) is 0 Å². The molecule has 0 fully saturated rings. The highest BCUT2D eigenvalue weighted by Gasteiger charge is 2.26. The molecule has 2 rings (SSSR count). The number of ether oxygens (including phenoxy) is 1. The van der Waals surface area contributed by atoms with Gasteiger partial charge < -0.3 is 15.0 Å². The number of aryl methyl sites for hydroxylation is 1. The summed E-state index contributed by atoms with van der Waals surface area (Å²) in [5.74, 6) is -0.397. The van der Waals surface area contributed by atoms with E-state index in [1.165, 1.54) is 0 Å². The van der Waals surface area contributed by atoms with Crippen molar-refractivity contribution in [1.82, 2.24) is 9.55 Å². The van der Waals surface area contributed by atoms with E-state index in [2.05, 4.69) is 9.55 Å². The third-order valence-corrected chi connectivity index (χ3v) is 2.63. The van der Waals surface area contributed by atoms with Gasteiger partial charge in [0.05, 0.1) is 18.6 Å². The Morgan fingerprint density at radius 3 is 3.33 bits per heavy atom. The highest BCUT2D eigenvalue weighted by Crippen LogP contribution is 2.22. The van der Waals surface area contributed by atoms with E-state index in [-0.39, 0.29) is 0 Å². The fourth-order valence-electron chi connectivity index (χ4n) is 1.91. The molecule has 2 N–H and O–H groups in total. The fourth-order valence-corrected chi connectivity index (χ4v) is 1.91. The molecule has 0 aromatic carbocycles. The van der Waals surface area contributed by atoms with Crippen LogP contribution in [0.5, 0.6) is 0 Å². The lowest BCUT2D eigenvalue weighted by Crippen LogP contribution is -2.25. The van der Waals surface area contributed by atoms with Crippen LogP contribution in [0.4, 0.5) is 0 Å². The van der Waals surface area contributed by atoms with Crippen molar-refractivity contribution in [3.05, 3.63) is 17.7 Å². The number of imidazole rings is 1. The van der Waals surface area contributed by atoms with Crippen molar-refractivity contribution in [3.8, 4) is 0 Å². The first-order valence-electron chi connectivity index (χ1n) is 5.20. The number of carbonyl (C=O) groups excluding carboxylic acids is 1. The third-order valence-electron chi connectivity index (χ3n) is 2.63. The maximum absolute atomic E-state index is 11.4. The van der Waals surface area contributed by atoms with Crippen LogP contribution in [0.25, 0.3) is 0 Å². The Kier molecular flexibility index (Phi) is 2.73. The zero-order valence-electron chi connectivity index (χ0n) is 8.77. The molecule has 5 nitrogen and oxygen atoms in total. The highest BCUT2D eigenvalue weighted by molar-refractivity contribution is 5.77. The number of hydrogen-bond donors (Lipinski definition) is 1. The lowest BCUT2D eigenvalue weighted by molar-refractivity contribution is -0.144. The predicted octanol–water partition coefficient (Wildman–Crippen LogP) is 0.392. The van der Waals surface area contributed by atoms with Crippen molar-refractivity contribution in [2.75, 3.05) is 6.61 Å². The van der Waals surface area contributed by atoms with E-state index in [1.807, 2.05) is 0 Å². The molecule has 0 saturated carbocycles. The van der Waals surface area contributed by atoms with E-state index in [0.717, 1.165) is 25.1 Å². The van der Waals surface area contributed by atoms with Gasteiger partial charge in [-0.15, -0.1) is 0 Å². The lowest BCUT2D eigenvalue weighted by Gasteiger charge is -2.09. The SMILES string of the molecule is CCOC(=O)C(N)c1ncn2c1CCC2. The van der Waals surface area contributed by atoms with Gasteiger partial charge >= 0.3 is 5.97 Å². The topological polar surface area (TPSA) is 70.1 Å². The van der Waals surface area contributed by atoms with Crippen LogP contribution in [-0.2, 0) is 22.5 Å². The molecule has 1 aliphatic rings. The van der Waals surface area contributed by atoms with Crippen LogP contribution < -0.4 is 5.73 Å². The van der Waals surface area contributed by atoms with Crippen molar-refractivity contribution in [1.29, 1.82) is 0 Å². The Labute approximate surface area is 88.2 Å². The minimum atomic E-state index is -0.737. The number of esters is 1. The van der Waals surface area contributed by atoms with Gasteiger partial charge in [0.2, 0.25) is 0 Å². The molecule has 0 radical (unpaired) electrons. The van der Waals surface area contributed by atoms with Crippen molar-refractivity contribution < 1.29 is 9.53 Å². The van der Waals surface area contributed by atoms with Gasteiger partial charge in [-0.2, -0.15) is 0 Å². The van der Waals surface area contributed by atoms with Gasteiger partial charge in [0.25, 0.3) is 0 Å². The second-order valence-corrected chi connectivity index (χ2v) is 3.60. The van der Waals surface area contributed by atoms with Crippen LogP contribution in [0.1, 0.15) is 30.8 Å². The van der Waals surface area contributed by atoms with Gasteiger partial charge in [0.1, 0.15) is 6.04 Å². The van der Waals surface area contributed by atoms with Gasteiger partial charge in [-0.1, -0.05) is 0 Å². The van der Waals surface area contributed by atoms with Crippen molar-refractivity contribution in [2.45, 2.75) is 32.4 Å². The number of nitrogens with two attached hydrogens (primary N) is 1. The van der Waals surface area contributed by atoms with Gasteiger partial charge in [0.15, 0.2) is 0 Å². The Balaban J connectivity index is 2.18. The molecule has 5 heteroatoms. The van der Waals surface area contributed by atoms with Crippen LogP contribution >= 0.6 is 0 Å². The van der Waals surface area contributed by atoms with Crippen LogP contribution in [0, 0.1) is 0 Å². The second kappa shape index (κ2) is 4.02. The molecule has 1 aromatic heterocycles. The number of nitrogens with zero attached hydrogens (tertiary/aromatic N) is 2. The Hall–Kier alpha value is -1.36. The quantitative estimate of drug-likeness (QED) is 0.731. The Bertz CT molecular complexity index is 373. The summed E-state index contributed by atoms with van der Waals surface area (Å²) in [6.45, 7) is 3.09. The molecule has 0 bridgehead atoms. The van der Waals surface area contributed by atoms with Gasteiger partial charge in [-0.05, 0) is 19.8 Å². The molecule has 1 atom stereocenters. The minimum Gasteiger partial charge on any atom is -0.465 e. The summed E-state index contributed by atoms with van der Waals surface area (Å²) in [4.78, 5) is 15.6. The Morgan fingerprint density at radius 1 is 1.80 bits per heavy atom. The van der Waals surface area contributed by atoms with Gasteiger partial charge in [-0.3, -0.25) is 0 Å². The molecule has 0 aliphatic carbocycles. The zero-order valence-corrected chi connectivity index (χ0v) is 8.77. The molecule has 0 saturated heterocycles. The summed E-state index contributed by atoms with van der Waals surface area (Å²) < 4.78 is 6.92. The van der Waals surface area contributed by atoms with E-state index in [4.69, 9.17) is 10.5 Å². The third kappa shape index (κ3) is 1.74. The number of aromatic nitrogens is 2. The van der Waals surface area contributed by atoms with Crippen molar-refractivity contribution in [2.24, 2.45) is 5.73 Å². The standard InChI is InChI=1S/C10H15N3O2/c1-2-15-10(14)8(11)9-7-4-3-5-13(7)6-12-9/h6,8H,2-5,11H2,1H3. The highest BCUT2D eigenvalue weighted by atomic mass is 16.5. The predicted molar refractivity (Wildman–Crippen MR) is 54.1 cm³/mol. The zero-order chi connectivity index (χ0) is 10.8. The summed E-state index contributed by atoms with van der Waals surface area (Å²) in [6.07, 6.45) is 3.79. The first kappa shape index (κ1) is 10.2. The minimum absolute atomic E-state index is 0.350. The van der Waals surface area contributed by atoms with E-state index >= 15 is 0 Å². The number of rotatable bonds is 3. The summed E-state index contributed by atoms with van der Waals surface area (Å²) in [7, 11) is 0. The molecule has 1 aliphatic heterocycles. The molecule has 2 heterocycles. The van der Waals surface area contributed by atoms with E-state index in [1.54, 1.807) is 13.3 Å². The average molecular weight is 209 g/mol. The monoisotopic (exact) mass is 209 g/mol. The molecule has 0 amide bonds. The van der Waals surface area contributed by atoms with Crippen molar-refractivity contribution >= 4 is 5.97 Å². The van der Waals surface area contributed by atoms with E-state index in [9.17, 15) is 4.79 Å². The van der Waals surface area contributed by atoms with Crippen LogP contribution in [0.3, 0.4) is 0 Å². The molecule has 1 aromatic rings. The first-order valence-corrected chi connectivity index (χ1v) is 5.20. The van der Waals surface area contributed by atoms with Gasteiger partial charge in [0, 0.05) is 12.2 Å². The summed E-state index contributed by atoms with van der Waals surface area (Å²) in [6, 6.07) is -0.737. The fraction of sp³-hybridized carbons (Fsp3) is 0.600. The summed E-state index contributed by atoms with van der Waals surface area (Å²) in [5, 5.41) is 0. The Morgan fingerprint density at radius 2 is 2.60 bits per heavy atom. The molecule has 82 valence electrons. The molecule has 0 spiro atoms.